The number of rotatable bonds is 5. The molecule has 0 aromatic carbocycles. The monoisotopic (exact) mass is 210 g/mol. The van der Waals surface area contributed by atoms with Crippen LogP contribution in [-0.4, -0.2) is 16.6 Å². The van der Waals surface area contributed by atoms with Crippen molar-refractivity contribution < 1.29 is 4.74 Å². The molecule has 0 unspecified atom stereocenters. The fourth-order valence-electron chi connectivity index (χ4n) is 1.20. The molecule has 15 heavy (non-hydrogen) atoms. The number of hydrazine groups is 1. The molecule has 0 aliphatic rings. The average molecular weight is 210 g/mol. The smallest absolute Gasteiger partial charge is 0.156 e. The Morgan fingerprint density at radius 3 is 2.67 bits per heavy atom. The highest BCUT2D eigenvalue weighted by Gasteiger charge is 2.06. The maximum Gasteiger partial charge on any atom is 0.156 e. The number of aromatic nitrogens is 2. The van der Waals surface area contributed by atoms with E-state index in [-0.39, 0.29) is 0 Å². The summed E-state index contributed by atoms with van der Waals surface area (Å²) in [6.45, 7) is 7.09. The van der Waals surface area contributed by atoms with Gasteiger partial charge >= 0.3 is 0 Å². The molecule has 1 heterocycles. The molecule has 1 rings (SSSR count). The first-order valence-corrected chi connectivity index (χ1v) is 5.07. The Balaban J connectivity index is 2.77. The Bertz CT molecular complexity index is 327. The maximum absolute atomic E-state index is 5.37. The van der Waals surface area contributed by atoms with Crippen molar-refractivity contribution in [3.8, 4) is 0 Å². The number of hydrogen-bond acceptors (Lipinski definition) is 5. The van der Waals surface area contributed by atoms with Gasteiger partial charge in [0.25, 0.3) is 0 Å². The molecular weight excluding hydrogens is 192 g/mol. The molecule has 3 N–H and O–H groups in total. The quantitative estimate of drug-likeness (QED) is 0.435. The van der Waals surface area contributed by atoms with Gasteiger partial charge in [0.1, 0.15) is 12.4 Å². The third-order valence-corrected chi connectivity index (χ3v) is 2.15. The Hall–Kier alpha value is -1.20. The van der Waals surface area contributed by atoms with E-state index in [1.807, 2.05) is 13.8 Å². The fourth-order valence-corrected chi connectivity index (χ4v) is 1.20. The molecule has 0 amide bonds. The highest BCUT2D eigenvalue weighted by atomic mass is 16.5. The third kappa shape index (κ3) is 3.14. The molecule has 0 aliphatic heterocycles. The van der Waals surface area contributed by atoms with Crippen LogP contribution in [0, 0.1) is 13.8 Å². The van der Waals surface area contributed by atoms with Crippen LogP contribution in [0.4, 0.5) is 5.82 Å². The Kier molecular flexibility index (Phi) is 4.45. The second-order valence-corrected chi connectivity index (χ2v) is 3.40. The number of nitrogen functional groups attached to an aromatic ring is 1. The van der Waals surface area contributed by atoms with Crippen molar-refractivity contribution in [2.24, 2.45) is 5.84 Å². The van der Waals surface area contributed by atoms with E-state index in [0.29, 0.717) is 18.2 Å². The molecule has 0 saturated carbocycles. The molecule has 0 radical (unpaired) electrons. The van der Waals surface area contributed by atoms with Gasteiger partial charge in [0.2, 0.25) is 0 Å². The highest BCUT2D eigenvalue weighted by molar-refractivity contribution is 5.44. The van der Waals surface area contributed by atoms with Crippen LogP contribution in [0.2, 0.25) is 0 Å². The minimum atomic E-state index is 0.434. The summed E-state index contributed by atoms with van der Waals surface area (Å²) in [5.41, 5.74) is 4.45. The lowest BCUT2D eigenvalue weighted by molar-refractivity contribution is 0.116. The van der Waals surface area contributed by atoms with Crippen molar-refractivity contribution in [2.45, 2.75) is 33.8 Å². The fraction of sp³-hybridized carbons (Fsp3) is 0.600. The second kappa shape index (κ2) is 5.63. The molecular formula is C10H18N4O. The van der Waals surface area contributed by atoms with Gasteiger partial charge in [0.15, 0.2) is 5.82 Å². The van der Waals surface area contributed by atoms with Gasteiger partial charge in [-0.1, -0.05) is 6.92 Å². The topological polar surface area (TPSA) is 73.1 Å². The molecule has 5 nitrogen and oxygen atoms in total. The third-order valence-electron chi connectivity index (χ3n) is 2.15. The standard InChI is InChI=1S/C10H18N4O/c1-4-5-15-6-9-12-8(3)7(2)10(13-9)14-11/h4-6,11H2,1-3H3,(H,12,13,14). The van der Waals surface area contributed by atoms with E-state index in [4.69, 9.17) is 10.6 Å². The summed E-state index contributed by atoms with van der Waals surface area (Å²) in [4.78, 5) is 8.57. The highest BCUT2D eigenvalue weighted by Crippen LogP contribution is 2.13. The van der Waals surface area contributed by atoms with Crippen molar-refractivity contribution in [3.63, 3.8) is 0 Å². The van der Waals surface area contributed by atoms with Gasteiger partial charge in [-0.2, -0.15) is 0 Å². The van der Waals surface area contributed by atoms with E-state index in [1.165, 1.54) is 0 Å². The zero-order valence-corrected chi connectivity index (χ0v) is 9.50. The number of nitrogens with one attached hydrogen (secondary N) is 1. The molecule has 0 spiro atoms. The van der Waals surface area contributed by atoms with E-state index in [9.17, 15) is 0 Å². The molecule has 0 atom stereocenters. The zero-order chi connectivity index (χ0) is 11.3. The van der Waals surface area contributed by atoms with Crippen LogP contribution in [0.15, 0.2) is 0 Å². The molecule has 0 saturated heterocycles. The van der Waals surface area contributed by atoms with Gasteiger partial charge in [-0.25, -0.2) is 15.8 Å². The molecule has 1 aromatic rings. The first-order chi connectivity index (χ1) is 7.19. The van der Waals surface area contributed by atoms with Crippen LogP contribution < -0.4 is 11.3 Å². The minimum absolute atomic E-state index is 0.434. The van der Waals surface area contributed by atoms with Crippen molar-refractivity contribution >= 4 is 5.82 Å². The number of nitrogens with two attached hydrogens (primary N) is 1. The summed E-state index contributed by atoms with van der Waals surface area (Å²) in [6, 6.07) is 0. The predicted molar refractivity (Wildman–Crippen MR) is 59.3 cm³/mol. The summed E-state index contributed by atoms with van der Waals surface area (Å²) in [7, 11) is 0. The largest absolute Gasteiger partial charge is 0.373 e. The number of aryl methyl sites for hydroxylation is 1. The zero-order valence-electron chi connectivity index (χ0n) is 9.50. The van der Waals surface area contributed by atoms with Crippen LogP contribution in [0.1, 0.15) is 30.4 Å². The average Bonchev–Trinajstić information content (AvgIpc) is 2.23. The van der Waals surface area contributed by atoms with E-state index in [0.717, 1.165) is 24.3 Å². The van der Waals surface area contributed by atoms with Crippen LogP contribution in [0.3, 0.4) is 0 Å². The van der Waals surface area contributed by atoms with E-state index in [1.54, 1.807) is 0 Å². The lowest BCUT2D eigenvalue weighted by atomic mass is 10.2. The van der Waals surface area contributed by atoms with E-state index >= 15 is 0 Å². The lowest BCUT2D eigenvalue weighted by Gasteiger charge is -2.09. The van der Waals surface area contributed by atoms with Gasteiger partial charge in [-0.05, 0) is 20.3 Å². The number of hydrogen-bond donors (Lipinski definition) is 2. The number of ether oxygens (including phenoxy) is 1. The summed E-state index contributed by atoms with van der Waals surface area (Å²) in [5, 5.41) is 0. The molecule has 5 heteroatoms. The van der Waals surface area contributed by atoms with Crippen LogP contribution in [0.5, 0.6) is 0 Å². The summed E-state index contributed by atoms with van der Waals surface area (Å²) < 4.78 is 5.37. The van der Waals surface area contributed by atoms with Crippen LogP contribution >= 0.6 is 0 Å². The molecule has 1 aromatic heterocycles. The number of anilines is 1. The van der Waals surface area contributed by atoms with Gasteiger partial charge in [-0.3, -0.25) is 0 Å². The summed E-state index contributed by atoms with van der Waals surface area (Å²) in [5.74, 6) is 6.69. The Morgan fingerprint density at radius 1 is 1.33 bits per heavy atom. The number of nitrogens with zero attached hydrogens (tertiary/aromatic N) is 2. The first kappa shape index (κ1) is 11.9. The second-order valence-electron chi connectivity index (χ2n) is 3.40. The lowest BCUT2D eigenvalue weighted by Crippen LogP contribution is -2.14. The summed E-state index contributed by atoms with van der Waals surface area (Å²) in [6.07, 6.45) is 0.993. The molecule has 0 fully saturated rings. The van der Waals surface area contributed by atoms with Gasteiger partial charge < -0.3 is 10.2 Å². The first-order valence-electron chi connectivity index (χ1n) is 5.07. The van der Waals surface area contributed by atoms with Crippen molar-refractivity contribution in [3.05, 3.63) is 17.1 Å². The van der Waals surface area contributed by atoms with Crippen LogP contribution in [0.25, 0.3) is 0 Å². The minimum Gasteiger partial charge on any atom is -0.373 e. The molecule has 0 bridgehead atoms. The van der Waals surface area contributed by atoms with Crippen LogP contribution in [-0.2, 0) is 11.3 Å². The normalized spacial score (nSPS) is 10.4. The Morgan fingerprint density at radius 2 is 2.07 bits per heavy atom. The Labute approximate surface area is 90.0 Å². The van der Waals surface area contributed by atoms with Gasteiger partial charge in [-0.15, -0.1) is 0 Å². The van der Waals surface area contributed by atoms with Crippen molar-refractivity contribution in [1.29, 1.82) is 0 Å². The van der Waals surface area contributed by atoms with Gasteiger partial charge in [0.05, 0.1) is 0 Å². The van der Waals surface area contributed by atoms with Gasteiger partial charge in [0, 0.05) is 17.9 Å². The molecule has 0 aliphatic carbocycles. The maximum atomic E-state index is 5.37. The van der Waals surface area contributed by atoms with E-state index < -0.39 is 0 Å². The van der Waals surface area contributed by atoms with E-state index in [2.05, 4.69) is 22.3 Å². The van der Waals surface area contributed by atoms with Crippen molar-refractivity contribution in [2.75, 3.05) is 12.0 Å². The predicted octanol–water partition coefficient (Wildman–Crippen LogP) is 1.31. The summed E-state index contributed by atoms with van der Waals surface area (Å²) >= 11 is 0. The SMILES string of the molecule is CCCOCc1nc(C)c(C)c(NN)n1. The molecule has 84 valence electrons. The van der Waals surface area contributed by atoms with Crippen molar-refractivity contribution in [1.82, 2.24) is 9.97 Å².